The summed E-state index contributed by atoms with van der Waals surface area (Å²) in [5.74, 6) is 1.16. The molecule has 1 atom stereocenters. The molecule has 2 aromatic heterocycles. The highest BCUT2D eigenvalue weighted by atomic mass is 35.5. The first-order valence-corrected chi connectivity index (χ1v) is 7.90. The predicted octanol–water partition coefficient (Wildman–Crippen LogP) is 2.57. The summed E-state index contributed by atoms with van der Waals surface area (Å²) in [7, 11) is 0. The first-order chi connectivity index (χ1) is 11.3. The number of piperidine rings is 1. The highest BCUT2D eigenvalue weighted by Gasteiger charge is 2.20. The van der Waals surface area contributed by atoms with Crippen molar-refractivity contribution in [2.75, 3.05) is 13.1 Å². The Labute approximate surface area is 137 Å². The maximum Gasteiger partial charge on any atom is 0.297 e. The number of halogens is 1. The minimum Gasteiger partial charge on any atom is -0.330 e. The lowest BCUT2D eigenvalue weighted by atomic mass is 10.1. The van der Waals surface area contributed by atoms with Crippen molar-refractivity contribution in [3.05, 3.63) is 35.6 Å². The fraction of sp³-hybridized carbons (Fsp3) is 0.333. The molecule has 0 bridgehead atoms. The lowest BCUT2D eigenvalue weighted by molar-refractivity contribution is 0.345. The van der Waals surface area contributed by atoms with Gasteiger partial charge in [-0.2, -0.15) is 4.98 Å². The highest BCUT2D eigenvalue weighted by Crippen LogP contribution is 2.26. The monoisotopic (exact) mass is 330 g/mol. The maximum atomic E-state index is 6.16. The third-order valence-corrected chi connectivity index (χ3v) is 4.22. The Morgan fingerprint density at radius 3 is 3.00 bits per heavy atom. The fourth-order valence-electron chi connectivity index (χ4n) is 2.67. The second-order valence-electron chi connectivity index (χ2n) is 5.45. The van der Waals surface area contributed by atoms with E-state index in [9.17, 15) is 0 Å². The lowest BCUT2D eigenvalue weighted by Crippen LogP contribution is -2.31. The summed E-state index contributed by atoms with van der Waals surface area (Å²) in [6.07, 6.45) is 3.94. The quantitative estimate of drug-likeness (QED) is 0.795. The Balaban J connectivity index is 1.60. The topological polar surface area (TPSA) is 81.7 Å². The van der Waals surface area contributed by atoms with Gasteiger partial charge < -0.3 is 9.84 Å². The molecule has 7 nitrogen and oxygen atoms in total. The van der Waals surface area contributed by atoms with Crippen molar-refractivity contribution >= 4 is 11.6 Å². The summed E-state index contributed by atoms with van der Waals surface area (Å²) in [5, 5.41) is 12.4. The van der Waals surface area contributed by atoms with Crippen LogP contribution in [-0.2, 0) is 0 Å². The number of aromatic nitrogens is 5. The number of rotatable bonds is 3. The molecule has 0 saturated carbocycles. The van der Waals surface area contributed by atoms with Crippen LogP contribution in [0, 0.1) is 0 Å². The highest BCUT2D eigenvalue weighted by molar-refractivity contribution is 6.33. The first kappa shape index (κ1) is 14.3. The largest absolute Gasteiger partial charge is 0.330 e. The van der Waals surface area contributed by atoms with Gasteiger partial charge in [-0.25, -0.2) is 9.67 Å². The van der Waals surface area contributed by atoms with E-state index >= 15 is 0 Å². The Morgan fingerprint density at radius 2 is 2.17 bits per heavy atom. The molecule has 3 heterocycles. The van der Waals surface area contributed by atoms with Crippen LogP contribution in [0.1, 0.15) is 18.9 Å². The van der Waals surface area contributed by atoms with Gasteiger partial charge >= 0.3 is 0 Å². The molecule has 4 rings (SSSR count). The molecule has 0 spiro atoms. The van der Waals surface area contributed by atoms with E-state index in [1.54, 1.807) is 12.4 Å². The van der Waals surface area contributed by atoms with Gasteiger partial charge in [0, 0.05) is 12.1 Å². The Kier molecular flexibility index (Phi) is 3.80. The molecule has 1 aliphatic rings. The number of benzene rings is 1. The molecule has 1 saturated heterocycles. The van der Waals surface area contributed by atoms with Crippen LogP contribution in [0.2, 0.25) is 5.02 Å². The molecule has 0 aliphatic carbocycles. The SMILES string of the molecule is Clc1ccccc1-c1noc(-c2ncn(C3CCCNC3)n2)n1. The molecule has 1 aromatic carbocycles. The molecule has 0 radical (unpaired) electrons. The minimum atomic E-state index is 0.294. The molecule has 1 unspecified atom stereocenters. The van der Waals surface area contributed by atoms with E-state index in [-0.39, 0.29) is 0 Å². The van der Waals surface area contributed by atoms with E-state index < -0.39 is 0 Å². The van der Waals surface area contributed by atoms with Gasteiger partial charge in [-0.1, -0.05) is 28.9 Å². The summed E-state index contributed by atoms with van der Waals surface area (Å²) >= 11 is 6.16. The molecule has 23 heavy (non-hydrogen) atoms. The standard InChI is InChI=1S/C15H15ClN6O/c16-12-6-2-1-5-11(12)13-19-15(23-21-13)14-18-9-22(20-14)10-4-3-7-17-8-10/h1-2,5-6,9-10,17H,3-4,7-8H2. The van der Waals surface area contributed by atoms with E-state index in [0.717, 1.165) is 31.5 Å². The van der Waals surface area contributed by atoms with E-state index in [1.807, 2.05) is 22.9 Å². The number of hydrogen-bond acceptors (Lipinski definition) is 6. The number of nitrogens with zero attached hydrogens (tertiary/aromatic N) is 5. The minimum absolute atomic E-state index is 0.294. The van der Waals surface area contributed by atoms with E-state index in [0.29, 0.717) is 28.6 Å². The van der Waals surface area contributed by atoms with Gasteiger partial charge in [-0.05, 0) is 31.5 Å². The molecule has 118 valence electrons. The van der Waals surface area contributed by atoms with Crippen molar-refractivity contribution in [3.8, 4) is 23.1 Å². The van der Waals surface area contributed by atoms with Crippen molar-refractivity contribution in [1.29, 1.82) is 0 Å². The second kappa shape index (κ2) is 6.10. The summed E-state index contributed by atoms with van der Waals surface area (Å²) in [6, 6.07) is 7.68. The summed E-state index contributed by atoms with van der Waals surface area (Å²) in [4.78, 5) is 8.64. The molecule has 1 N–H and O–H groups in total. The van der Waals surface area contributed by atoms with E-state index in [1.165, 1.54) is 0 Å². The van der Waals surface area contributed by atoms with Crippen LogP contribution in [0.5, 0.6) is 0 Å². The first-order valence-electron chi connectivity index (χ1n) is 7.52. The molecule has 3 aromatic rings. The van der Waals surface area contributed by atoms with Gasteiger partial charge in [0.25, 0.3) is 5.89 Å². The summed E-state index contributed by atoms with van der Waals surface area (Å²) in [6.45, 7) is 1.96. The van der Waals surface area contributed by atoms with Gasteiger partial charge in [-0.15, -0.1) is 5.10 Å². The van der Waals surface area contributed by atoms with Crippen LogP contribution in [0.4, 0.5) is 0 Å². The average molecular weight is 331 g/mol. The lowest BCUT2D eigenvalue weighted by Gasteiger charge is -2.22. The van der Waals surface area contributed by atoms with Crippen LogP contribution in [0.25, 0.3) is 23.1 Å². The van der Waals surface area contributed by atoms with Crippen LogP contribution in [0.15, 0.2) is 35.1 Å². The summed E-state index contributed by atoms with van der Waals surface area (Å²) < 4.78 is 7.15. The third kappa shape index (κ3) is 2.85. The molecular formula is C15H15ClN6O. The normalized spacial score (nSPS) is 18.2. The average Bonchev–Trinajstić information content (AvgIpc) is 3.25. The van der Waals surface area contributed by atoms with E-state index in [2.05, 4.69) is 25.5 Å². The zero-order valence-corrected chi connectivity index (χ0v) is 13.1. The van der Waals surface area contributed by atoms with Crippen LogP contribution in [0.3, 0.4) is 0 Å². The van der Waals surface area contributed by atoms with Crippen LogP contribution >= 0.6 is 11.6 Å². The van der Waals surface area contributed by atoms with Crippen molar-refractivity contribution in [2.24, 2.45) is 0 Å². The molecule has 1 fully saturated rings. The number of hydrogen-bond donors (Lipinski definition) is 1. The Morgan fingerprint density at radius 1 is 1.26 bits per heavy atom. The van der Waals surface area contributed by atoms with Crippen molar-refractivity contribution < 1.29 is 4.52 Å². The van der Waals surface area contributed by atoms with Gasteiger partial charge in [0.2, 0.25) is 11.6 Å². The zero-order chi connectivity index (χ0) is 15.6. The van der Waals surface area contributed by atoms with Crippen LogP contribution < -0.4 is 5.32 Å². The molecule has 8 heteroatoms. The van der Waals surface area contributed by atoms with Crippen LogP contribution in [-0.4, -0.2) is 38.0 Å². The number of nitrogens with one attached hydrogen (secondary N) is 1. The second-order valence-corrected chi connectivity index (χ2v) is 5.86. The Hall–Kier alpha value is -2.25. The van der Waals surface area contributed by atoms with Gasteiger partial charge in [0.1, 0.15) is 6.33 Å². The molecule has 1 aliphatic heterocycles. The van der Waals surface area contributed by atoms with Crippen molar-refractivity contribution in [2.45, 2.75) is 18.9 Å². The van der Waals surface area contributed by atoms with Gasteiger partial charge in [0.05, 0.1) is 11.1 Å². The smallest absolute Gasteiger partial charge is 0.297 e. The summed E-state index contributed by atoms with van der Waals surface area (Å²) in [5.41, 5.74) is 0.722. The zero-order valence-electron chi connectivity index (χ0n) is 12.3. The van der Waals surface area contributed by atoms with Gasteiger partial charge in [0.15, 0.2) is 0 Å². The fourth-order valence-corrected chi connectivity index (χ4v) is 2.89. The van der Waals surface area contributed by atoms with Crippen molar-refractivity contribution in [3.63, 3.8) is 0 Å². The molecular weight excluding hydrogens is 316 g/mol. The predicted molar refractivity (Wildman–Crippen MR) is 84.9 cm³/mol. The third-order valence-electron chi connectivity index (χ3n) is 3.89. The Bertz CT molecular complexity index is 808. The van der Waals surface area contributed by atoms with E-state index in [4.69, 9.17) is 16.1 Å². The van der Waals surface area contributed by atoms with Crippen molar-refractivity contribution in [1.82, 2.24) is 30.2 Å². The maximum absolute atomic E-state index is 6.16. The molecule has 0 amide bonds. The van der Waals surface area contributed by atoms with Gasteiger partial charge in [-0.3, -0.25) is 0 Å².